The standard InChI is InChI=1S/C18H21NO3S/c1-14-7-6-8-16(13-14)22-15(2)18(20)19-11-12-23(21)17-9-4-3-5-10-17/h3-10,13,15H,11-12H2,1-2H3,(H,19,20). The molecule has 122 valence electrons. The molecule has 0 heterocycles. The highest BCUT2D eigenvalue weighted by atomic mass is 32.2. The summed E-state index contributed by atoms with van der Waals surface area (Å²) in [5.74, 6) is 0.837. The van der Waals surface area contributed by atoms with E-state index in [1.807, 2.05) is 61.5 Å². The van der Waals surface area contributed by atoms with Crippen LogP contribution in [0.15, 0.2) is 59.5 Å². The Bertz CT molecular complexity index is 673. The van der Waals surface area contributed by atoms with E-state index in [9.17, 15) is 9.00 Å². The molecule has 23 heavy (non-hydrogen) atoms. The van der Waals surface area contributed by atoms with Crippen molar-refractivity contribution in [3.63, 3.8) is 0 Å². The summed E-state index contributed by atoms with van der Waals surface area (Å²) >= 11 is 0. The molecule has 2 rings (SSSR count). The molecule has 0 aromatic heterocycles. The van der Waals surface area contributed by atoms with Crippen LogP contribution < -0.4 is 10.1 Å². The first-order chi connectivity index (χ1) is 11.1. The summed E-state index contributed by atoms with van der Waals surface area (Å²) in [6.45, 7) is 4.02. The van der Waals surface area contributed by atoms with Crippen LogP contribution in [0.25, 0.3) is 0 Å². The molecule has 0 aliphatic carbocycles. The van der Waals surface area contributed by atoms with Gasteiger partial charge in [-0.1, -0.05) is 30.3 Å². The molecule has 2 atom stereocenters. The maximum atomic E-state index is 12.1. The molecule has 1 N–H and O–H groups in total. The summed E-state index contributed by atoms with van der Waals surface area (Å²) in [6, 6.07) is 16.8. The summed E-state index contributed by atoms with van der Waals surface area (Å²) < 4.78 is 17.7. The summed E-state index contributed by atoms with van der Waals surface area (Å²) in [7, 11) is -1.11. The van der Waals surface area contributed by atoms with Crippen LogP contribution in [-0.4, -0.2) is 28.5 Å². The van der Waals surface area contributed by atoms with Crippen molar-refractivity contribution in [3.8, 4) is 5.75 Å². The number of amides is 1. The van der Waals surface area contributed by atoms with E-state index in [0.29, 0.717) is 18.0 Å². The predicted octanol–water partition coefficient (Wildman–Crippen LogP) is 2.69. The number of rotatable bonds is 7. The molecular weight excluding hydrogens is 310 g/mol. The van der Waals surface area contributed by atoms with Gasteiger partial charge in [-0.25, -0.2) is 0 Å². The zero-order chi connectivity index (χ0) is 16.7. The molecule has 0 radical (unpaired) electrons. The molecule has 0 bridgehead atoms. The molecule has 2 unspecified atom stereocenters. The van der Waals surface area contributed by atoms with Crippen LogP contribution in [0.3, 0.4) is 0 Å². The molecule has 2 aromatic rings. The summed E-state index contributed by atoms with van der Waals surface area (Å²) in [6.07, 6.45) is -0.595. The third-order valence-corrected chi connectivity index (χ3v) is 4.64. The van der Waals surface area contributed by atoms with Crippen molar-refractivity contribution >= 4 is 16.7 Å². The smallest absolute Gasteiger partial charge is 0.260 e. The van der Waals surface area contributed by atoms with E-state index >= 15 is 0 Å². The Kier molecular flexibility index (Phi) is 6.35. The lowest BCUT2D eigenvalue weighted by molar-refractivity contribution is -0.127. The van der Waals surface area contributed by atoms with Crippen LogP contribution in [0.5, 0.6) is 5.75 Å². The Morgan fingerprint density at radius 3 is 2.61 bits per heavy atom. The largest absolute Gasteiger partial charge is 0.481 e. The summed E-state index contributed by atoms with van der Waals surface area (Å²) in [5.41, 5.74) is 1.08. The van der Waals surface area contributed by atoms with Crippen molar-refractivity contribution in [2.75, 3.05) is 12.3 Å². The van der Waals surface area contributed by atoms with Crippen LogP contribution in [0.4, 0.5) is 0 Å². The Labute approximate surface area is 139 Å². The van der Waals surface area contributed by atoms with Gasteiger partial charge in [0.1, 0.15) is 5.75 Å². The van der Waals surface area contributed by atoms with Gasteiger partial charge in [0.2, 0.25) is 0 Å². The van der Waals surface area contributed by atoms with Gasteiger partial charge in [-0.2, -0.15) is 0 Å². The summed E-state index contributed by atoms with van der Waals surface area (Å²) in [4.78, 5) is 12.8. The first-order valence-electron chi connectivity index (χ1n) is 7.51. The third-order valence-electron chi connectivity index (χ3n) is 3.26. The number of carbonyl (C=O) groups is 1. The van der Waals surface area contributed by atoms with Crippen molar-refractivity contribution in [3.05, 3.63) is 60.2 Å². The summed E-state index contributed by atoms with van der Waals surface area (Å²) in [5, 5.41) is 2.76. The molecule has 2 aromatic carbocycles. The van der Waals surface area contributed by atoms with Gasteiger partial charge in [-0.05, 0) is 43.7 Å². The van der Waals surface area contributed by atoms with Gasteiger partial charge in [0.05, 0.1) is 10.8 Å². The van der Waals surface area contributed by atoms with Crippen LogP contribution in [0.1, 0.15) is 12.5 Å². The van der Waals surface area contributed by atoms with Gasteiger partial charge in [0.25, 0.3) is 5.91 Å². The lowest BCUT2D eigenvalue weighted by atomic mass is 10.2. The molecule has 0 aliphatic heterocycles. The lowest BCUT2D eigenvalue weighted by Gasteiger charge is -2.15. The van der Waals surface area contributed by atoms with Gasteiger partial charge in [0.15, 0.2) is 6.10 Å². The number of hydrogen-bond donors (Lipinski definition) is 1. The van der Waals surface area contributed by atoms with E-state index < -0.39 is 16.9 Å². The van der Waals surface area contributed by atoms with Crippen molar-refractivity contribution < 1.29 is 13.7 Å². The van der Waals surface area contributed by atoms with Crippen molar-refractivity contribution in [1.82, 2.24) is 5.32 Å². The van der Waals surface area contributed by atoms with Crippen LogP contribution >= 0.6 is 0 Å². The van der Waals surface area contributed by atoms with Gasteiger partial charge in [0, 0.05) is 17.2 Å². The van der Waals surface area contributed by atoms with Crippen LogP contribution in [0.2, 0.25) is 0 Å². The Morgan fingerprint density at radius 1 is 1.17 bits per heavy atom. The monoisotopic (exact) mass is 331 g/mol. The minimum absolute atomic E-state index is 0.212. The highest BCUT2D eigenvalue weighted by Crippen LogP contribution is 2.14. The van der Waals surface area contributed by atoms with Gasteiger partial charge < -0.3 is 10.1 Å². The van der Waals surface area contributed by atoms with E-state index in [4.69, 9.17) is 4.74 Å². The lowest BCUT2D eigenvalue weighted by Crippen LogP contribution is -2.38. The second-order valence-electron chi connectivity index (χ2n) is 5.23. The SMILES string of the molecule is Cc1cccc(OC(C)C(=O)NCCS(=O)c2ccccc2)c1. The molecule has 0 saturated heterocycles. The highest BCUT2D eigenvalue weighted by Gasteiger charge is 2.14. The number of nitrogens with one attached hydrogen (secondary N) is 1. The fourth-order valence-electron chi connectivity index (χ4n) is 2.05. The maximum Gasteiger partial charge on any atom is 0.260 e. The van der Waals surface area contributed by atoms with E-state index in [1.54, 1.807) is 6.92 Å². The Morgan fingerprint density at radius 2 is 1.91 bits per heavy atom. The first kappa shape index (κ1) is 17.2. The molecule has 1 amide bonds. The second-order valence-corrected chi connectivity index (χ2v) is 6.80. The van der Waals surface area contributed by atoms with Crippen molar-refractivity contribution in [2.45, 2.75) is 24.8 Å². The predicted molar refractivity (Wildman–Crippen MR) is 92.0 cm³/mol. The van der Waals surface area contributed by atoms with E-state index in [-0.39, 0.29) is 5.91 Å². The number of aryl methyl sites for hydroxylation is 1. The minimum Gasteiger partial charge on any atom is -0.481 e. The highest BCUT2D eigenvalue weighted by molar-refractivity contribution is 7.85. The van der Waals surface area contributed by atoms with Crippen LogP contribution in [0, 0.1) is 6.92 Å². The van der Waals surface area contributed by atoms with Crippen LogP contribution in [-0.2, 0) is 15.6 Å². The molecule has 0 saturated carbocycles. The van der Waals surface area contributed by atoms with Gasteiger partial charge >= 0.3 is 0 Å². The number of ether oxygens (including phenoxy) is 1. The fourth-order valence-corrected chi connectivity index (χ4v) is 3.03. The average molecular weight is 331 g/mol. The normalized spacial score (nSPS) is 13.1. The first-order valence-corrected chi connectivity index (χ1v) is 8.82. The van der Waals surface area contributed by atoms with E-state index in [0.717, 1.165) is 10.5 Å². The second kappa shape index (κ2) is 8.48. The molecule has 4 nitrogen and oxygen atoms in total. The Balaban J connectivity index is 1.77. The van der Waals surface area contributed by atoms with Crippen molar-refractivity contribution in [1.29, 1.82) is 0 Å². The minimum atomic E-state index is -1.11. The number of hydrogen-bond acceptors (Lipinski definition) is 3. The molecule has 0 spiro atoms. The molecule has 0 aliphatic rings. The van der Waals surface area contributed by atoms with Crippen molar-refractivity contribution in [2.24, 2.45) is 0 Å². The van der Waals surface area contributed by atoms with E-state index in [2.05, 4.69) is 5.32 Å². The Hall–Kier alpha value is -2.14. The zero-order valence-electron chi connectivity index (χ0n) is 13.3. The molecule has 0 fully saturated rings. The fraction of sp³-hybridized carbons (Fsp3) is 0.278. The molecular formula is C18H21NO3S. The number of benzene rings is 2. The number of carbonyl (C=O) groups excluding carboxylic acids is 1. The zero-order valence-corrected chi connectivity index (χ0v) is 14.1. The third kappa shape index (κ3) is 5.53. The van der Waals surface area contributed by atoms with Gasteiger partial charge in [-0.15, -0.1) is 0 Å². The topological polar surface area (TPSA) is 55.4 Å². The average Bonchev–Trinajstić information content (AvgIpc) is 2.55. The quantitative estimate of drug-likeness (QED) is 0.849. The van der Waals surface area contributed by atoms with E-state index in [1.165, 1.54) is 0 Å². The maximum absolute atomic E-state index is 12.1. The van der Waals surface area contributed by atoms with Gasteiger partial charge in [-0.3, -0.25) is 9.00 Å². The molecule has 5 heteroatoms.